The van der Waals surface area contributed by atoms with Gasteiger partial charge >= 0.3 is 5.97 Å². The molecule has 0 atom stereocenters. The number of benzene rings is 1. The summed E-state index contributed by atoms with van der Waals surface area (Å²) in [6.07, 6.45) is 3.43. The van der Waals surface area contributed by atoms with Gasteiger partial charge in [-0.15, -0.1) is 0 Å². The lowest BCUT2D eigenvalue weighted by atomic mass is 10.2. The lowest BCUT2D eigenvalue weighted by Crippen LogP contribution is -2.07. The van der Waals surface area contributed by atoms with Crippen LogP contribution in [0.25, 0.3) is 0 Å². The SMILES string of the molecule is Cc1cncc(COC(=O)c2cccc(N)c2Br)c1. The normalized spacial score (nSPS) is 10.2. The first kappa shape index (κ1) is 13.5. The van der Waals surface area contributed by atoms with Gasteiger partial charge in [0.05, 0.1) is 10.0 Å². The third kappa shape index (κ3) is 3.32. The zero-order chi connectivity index (χ0) is 13.8. The van der Waals surface area contributed by atoms with E-state index < -0.39 is 5.97 Å². The van der Waals surface area contributed by atoms with Crippen molar-refractivity contribution in [3.05, 3.63) is 57.8 Å². The Morgan fingerprint density at radius 2 is 2.21 bits per heavy atom. The fourth-order valence-corrected chi connectivity index (χ4v) is 2.06. The molecule has 2 aromatic rings. The second kappa shape index (κ2) is 5.84. The number of nitrogens with two attached hydrogens (primary N) is 1. The number of halogens is 1. The van der Waals surface area contributed by atoms with Gasteiger partial charge in [-0.1, -0.05) is 6.07 Å². The molecule has 0 unspecified atom stereocenters. The number of carbonyl (C=O) groups excluding carboxylic acids is 1. The molecule has 0 aliphatic carbocycles. The molecule has 0 bridgehead atoms. The van der Waals surface area contributed by atoms with Gasteiger partial charge in [0.15, 0.2) is 0 Å². The van der Waals surface area contributed by atoms with Crippen LogP contribution in [-0.2, 0) is 11.3 Å². The maximum atomic E-state index is 11.9. The second-order valence-corrected chi connectivity index (χ2v) is 4.95. The molecule has 2 rings (SSSR count). The van der Waals surface area contributed by atoms with E-state index in [2.05, 4.69) is 20.9 Å². The van der Waals surface area contributed by atoms with Gasteiger partial charge in [-0.25, -0.2) is 4.79 Å². The zero-order valence-electron chi connectivity index (χ0n) is 10.4. The molecule has 0 amide bonds. The molecule has 1 aromatic heterocycles. The summed E-state index contributed by atoms with van der Waals surface area (Å²) >= 11 is 3.28. The van der Waals surface area contributed by atoms with E-state index in [0.717, 1.165) is 11.1 Å². The molecule has 0 fully saturated rings. The van der Waals surface area contributed by atoms with Gasteiger partial charge in [-0.05, 0) is 46.6 Å². The van der Waals surface area contributed by atoms with Crippen molar-refractivity contribution in [1.29, 1.82) is 0 Å². The highest BCUT2D eigenvalue weighted by Crippen LogP contribution is 2.24. The van der Waals surface area contributed by atoms with E-state index in [1.165, 1.54) is 0 Å². The van der Waals surface area contributed by atoms with Crippen LogP contribution in [0.3, 0.4) is 0 Å². The predicted molar refractivity (Wildman–Crippen MR) is 76.6 cm³/mol. The summed E-state index contributed by atoms with van der Waals surface area (Å²) in [5.74, 6) is -0.416. The van der Waals surface area contributed by atoms with Crippen molar-refractivity contribution in [2.24, 2.45) is 0 Å². The van der Waals surface area contributed by atoms with Gasteiger partial charge in [0.25, 0.3) is 0 Å². The number of hydrogen-bond donors (Lipinski definition) is 1. The van der Waals surface area contributed by atoms with Crippen molar-refractivity contribution in [2.45, 2.75) is 13.5 Å². The number of nitrogens with zero attached hydrogens (tertiary/aromatic N) is 1. The minimum Gasteiger partial charge on any atom is -0.457 e. The number of nitrogen functional groups attached to an aromatic ring is 1. The highest BCUT2D eigenvalue weighted by molar-refractivity contribution is 9.10. The average molecular weight is 321 g/mol. The van der Waals surface area contributed by atoms with Crippen LogP contribution in [0.2, 0.25) is 0 Å². The van der Waals surface area contributed by atoms with Crippen molar-refractivity contribution < 1.29 is 9.53 Å². The third-order valence-corrected chi connectivity index (χ3v) is 3.44. The van der Waals surface area contributed by atoms with Gasteiger partial charge in [-0.2, -0.15) is 0 Å². The fraction of sp³-hybridized carbons (Fsp3) is 0.143. The average Bonchev–Trinajstić information content (AvgIpc) is 2.39. The lowest BCUT2D eigenvalue weighted by molar-refractivity contribution is 0.0471. The number of rotatable bonds is 3. The number of aromatic nitrogens is 1. The molecule has 0 aliphatic rings. The number of anilines is 1. The topological polar surface area (TPSA) is 65.2 Å². The second-order valence-electron chi connectivity index (χ2n) is 4.16. The fourth-order valence-electron chi connectivity index (χ4n) is 1.63. The molecular weight excluding hydrogens is 308 g/mol. The monoisotopic (exact) mass is 320 g/mol. The van der Waals surface area contributed by atoms with Crippen LogP contribution < -0.4 is 5.73 Å². The van der Waals surface area contributed by atoms with Crippen LogP contribution in [0.5, 0.6) is 0 Å². The van der Waals surface area contributed by atoms with Crippen LogP contribution in [0, 0.1) is 6.92 Å². The van der Waals surface area contributed by atoms with Gasteiger partial charge in [0.2, 0.25) is 0 Å². The molecule has 2 N–H and O–H groups in total. The Bertz CT molecular complexity index is 614. The number of carbonyl (C=O) groups is 1. The van der Waals surface area contributed by atoms with E-state index >= 15 is 0 Å². The van der Waals surface area contributed by atoms with Crippen molar-refractivity contribution >= 4 is 27.6 Å². The summed E-state index contributed by atoms with van der Waals surface area (Å²) in [5.41, 5.74) is 8.53. The summed E-state index contributed by atoms with van der Waals surface area (Å²) in [6, 6.07) is 7.02. The minimum absolute atomic E-state index is 0.189. The molecule has 5 heteroatoms. The van der Waals surface area contributed by atoms with Crippen molar-refractivity contribution in [3.63, 3.8) is 0 Å². The number of ether oxygens (including phenoxy) is 1. The number of pyridine rings is 1. The maximum Gasteiger partial charge on any atom is 0.339 e. The van der Waals surface area contributed by atoms with Crippen molar-refractivity contribution in [3.8, 4) is 0 Å². The highest BCUT2D eigenvalue weighted by atomic mass is 79.9. The predicted octanol–water partition coefficient (Wildman–Crippen LogP) is 3.09. The first-order chi connectivity index (χ1) is 9.08. The van der Waals surface area contributed by atoms with Gasteiger partial charge in [-0.3, -0.25) is 4.98 Å². The molecule has 0 aliphatic heterocycles. The van der Waals surface area contributed by atoms with E-state index in [0.29, 0.717) is 15.7 Å². The Labute approximate surface area is 119 Å². The van der Waals surface area contributed by atoms with E-state index in [-0.39, 0.29) is 6.61 Å². The van der Waals surface area contributed by atoms with Crippen LogP contribution in [-0.4, -0.2) is 11.0 Å². The van der Waals surface area contributed by atoms with Crippen molar-refractivity contribution in [2.75, 3.05) is 5.73 Å². The largest absolute Gasteiger partial charge is 0.457 e. The van der Waals surface area contributed by atoms with Crippen LogP contribution >= 0.6 is 15.9 Å². The van der Waals surface area contributed by atoms with E-state index in [1.54, 1.807) is 30.6 Å². The number of esters is 1. The summed E-state index contributed by atoms with van der Waals surface area (Å²) in [6.45, 7) is 2.13. The standard InChI is InChI=1S/C14H13BrN2O2/c1-9-5-10(7-17-6-9)8-19-14(18)11-3-2-4-12(16)13(11)15/h2-7H,8,16H2,1H3. The number of hydrogen-bond acceptors (Lipinski definition) is 4. The van der Waals surface area contributed by atoms with Crippen molar-refractivity contribution in [1.82, 2.24) is 4.98 Å². The van der Waals surface area contributed by atoms with Crippen LogP contribution in [0.15, 0.2) is 41.1 Å². The smallest absolute Gasteiger partial charge is 0.339 e. The van der Waals surface area contributed by atoms with Crippen LogP contribution in [0.1, 0.15) is 21.5 Å². The minimum atomic E-state index is -0.416. The molecule has 1 heterocycles. The van der Waals surface area contributed by atoms with E-state index in [9.17, 15) is 4.79 Å². The first-order valence-electron chi connectivity index (χ1n) is 5.69. The van der Waals surface area contributed by atoms with Gasteiger partial charge in [0.1, 0.15) is 6.61 Å². The quantitative estimate of drug-likeness (QED) is 0.697. The first-order valence-corrected chi connectivity index (χ1v) is 6.49. The Morgan fingerprint density at radius 1 is 1.42 bits per heavy atom. The summed E-state index contributed by atoms with van der Waals surface area (Å²) in [4.78, 5) is 16.0. The Morgan fingerprint density at radius 3 is 2.95 bits per heavy atom. The van der Waals surface area contributed by atoms with Gasteiger partial charge in [0, 0.05) is 23.6 Å². The molecule has 4 nitrogen and oxygen atoms in total. The summed E-state index contributed by atoms with van der Waals surface area (Å²) < 4.78 is 5.80. The van der Waals surface area contributed by atoms with Gasteiger partial charge < -0.3 is 10.5 Å². The Kier molecular flexibility index (Phi) is 4.16. The zero-order valence-corrected chi connectivity index (χ0v) is 12.0. The molecular formula is C14H13BrN2O2. The van der Waals surface area contributed by atoms with Crippen LogP contribution in [0.4, 0.5) is 5.69 Å². The molecule has 0 radical (unpaired) electrons. The summed E-state index contributed by atoms with van der Waals surface area (Å²) in [5, 5.41) is 0. The Balaban J connectivity index is 2.08. The maximum absolute atomic E-state index is 11.9. The van der Waals surface area contributed by atoms with E-state index in [1.807, 2.05) is 13.0 Å². The highest BCUT2D eigenvalue weighted by Gasteiger charge is 2.13. The van der Waals surface area contributed by atoms with E-state index in [4.69, 9.17) is 10.5 Å². The molecule has 19 heavy (non-hydrogen) atoms. The lowest BCUT2D eigenvalue weighted by Gasteiger charge is -2.08. The molecule has 1 aromatic carbocycles. The molecule has 98 valence electrons. The Hall–Kier alpha value is -1.88. The molecule has 0 spiro atoms. The summed E-state index contributed by atoms with van der Waals surface area (Å²) in [7, 11) is 0. The molecule has 0 saturated heterocycles. The third-order valence-electron chi connectivity index (χ3n) is 2.55. The molecule has 0 saturated carbocycles. The number of aryl methyl sites for hydroxylation is 1.